The SMILES string of the molecule is COc1ccc(C2=CC(c3ccc(OC)cc3)n3nc(-c4ccc(C)cc4)c(C#N)c3N2)cc1. The van der Waals surface area contributed by atoms with Crippen LogP contribution in [0.25, 0.3) is 17.0 Å². The van der Waals surface area contributed by atoms with Crippen LogP contribution in [0.1, 0.15) is 28.3 Å². The van der Waals surface area contributed by atoms with E-state index in [2.05, 4.69) is 17.5 Å². The Hall–Kier alpha value is -4.50. The highest BCUT2D eigenvalue weighted by molar-refractivity contribution is 5.84. The minimum absolute atomic E-state index is 0.203. The van der Waals surface area contributed by atoms with Crippen LogP contribution < -0.4 is 14.8 Å². The van der Waals surface area contributed by atoms with Crippen molar-refractivity contribution in [2.24, 2.45) is 0 Å². The van der Waals surface area contributed by atoms with Crippen molar-refractivity contribution in [1.82, 2.24) is 9.78 Å². The Morgan fingerprint density at radius 3 is 2.03 bits per heavy atom. The third kappa shape index (κ3) is 3.78. The molecular formula is C28H24N4O2. The molecule has 1 N–H and O–H groups in total. The van der Waals surface area contributed by atoms with Crippen LogP contribution in [-0.4, -0.2) is 24.0 Å². The zero-order chi connectivity index (χ0) is 23.7. The number of aromatic nitrogens is 2. The summed E-state index contributed by atoms with van der Waals surface area (Å²) in [5.74, 6) is 2.25. The highest BCUT2D eigenvalue weighted by Gasteiger charge is 2.29. The molecule has 0 saturated carbocycles. The van der Waals surface area contributed by atoms with E-state index in [0.717, 1.165) is 39.4 Å². The standard InChI is InChI=1S/C28H24N4O2/c1-18-4-6-21(7-5-18)27-24(17-29)28-30-25(19-8-12-22(33-2)13-9-19)16-26(32(28)31-27)20-10-14-23(34-3)15-11-20/h4-16,26,30H,1-3H3. The second-order valence-electron chi connectivity index (χ2n) is 8.15. The molecule has 1 aromatic heterocycles. The molecule has 4 aromatic rings. The van der Waals surface area contributed by atoms with Crippen LogP contribution in [0.2, 0.25) is 0 Å². The van der Waals surface area contributed by atoms with Crippen molar-refractivity contribution in [3.63, 3.8) is 0 Å². The van der Waals surface area contributed by atoms with Gasteiger partial charge in [0, 0.05) is 11.3 Å². The summed E-state index contributed by atoms with van der Waals surface area (Å²) >= 11 is 0. The Morgan fingerprint density at radius 2 is 1.44 bits per heavy atom. The van der Waals surface area contributed by atoms with Gasteiger partial charge in [0.15, 0.2) is 0 Å². The third-order valence-corrected chi connectivity index (χ3v) is 6.05. The fourth-order valence-corrected chi connectivity index (χ4v) is 4.15. The normalized spacial score (nSPS) is 14.4. The van der Waals surface area contributed by atoms with Gasteiger partial charge in [-0.3, -0.25) is 0 Å². The lowest BCUT2D eigenvalue weighted by Crippen LogP contribution is -2.20. The lowest BCUT2D eigenvalue weighted by molar-refractivity contribution is 0.414. The maximum absolute atomic E-state index is 10.1. The first-order chi connectivity index (χ1) is 16.6. The molecule has 3 aromatic carbocycles. The van der Waals surface area contributed by atoms with Crippen LogP contribution in [-0.2, 0) is 0 Å². The van der Waals surface area contributed by atoms with Gasteiger partial charge >= 0.3 is 0 Å². The van der Waals surface area contributed by atoms with Crippen LogP contribution in [0.3, 0.4) is 0 Å². The van der Waals surface area contributed by atoms with Gasteiger partial charge in [0.05, 0.1) is 20.3 Å². The number of ether oxygens (including phenoxy) is 2. The fourth-order valence-electron chi connectivity index (χ4n) is 4.15. The molecule has 0 spiro atoms. The molecular weight excluding hydrogens is 424 g/mol. The van der Waals surface area contributed by atoms with Gasteiger partial charge in [0.25, 0.3) is 0 Å². The lowest BCUT2D eigenvalue weighted by atomic mass is 10.0. The first kappa shape index (κ1) is 21.4. The molecule has 0 bridgehead atoms. The smallest absolute Gasteiger partial charge is 0.148 e. The van der Waals surface area contributed by atoms with E-state index in [1.807, 2.05) is 84.4 Å². The van der Waals surface area contributed by atoms with Gasteiger partial charge in [-0.2, -0.15) is 10.4 Å². The largest absolute Gasteiger partial charge is 0.497 e. The van der Waals surface area contributed by atoms with E-state index >= 15 is 0 Å². The van der Waals surface area contributed by atoms with Gasteiger partial charge < -0.3 is 14.8 Å². The summed E-state index contributed by atoms with van der Waals surface area (Å²) < 4.78 is 12.5. The van der Waals surface area contributed by atoms with Crippen molar-refractivity contribution in [3.05, 3.63) is 101 Å². The van der Waals surface area contributed by atoms with Crippen LogP contribution in [0, 0.1) is 18.3 Å². The molecule has 0 amide bonds. The van der Waals surface area contributed by atoms with Crippen LogP contribution in [0.15, 0.2) is 78.9 Å². The van der Waals surface area contributed by atoms with Gasteiger partial charge in [-0.05, 0) is 60.5 Å². The molecule has 6 nitrogen and oxygen atoms in total. The molecule has 1 unspecified atom stereocenters. The zero-order valence-corrected chi connectivity index (χ0v) is 19.2. The highest BCUT2D eigenvalue weighted by atomic mass is 16.5. The molecule has 1 atom stereocenters. The summed E-state index contributed by atoms with van der Waals surface area (Å²) in [6.45, 7) is 2.04. The quantitative estimate of drug-likeness (QED) is 0.418. The number of anilines is 1. The van der Waals surface area contributed by atoms with E-state index < -0.39 is 0 Å². The molecule has 6 heteroatoms. The minimum Gasteiger partial charge on any atom is -0.497 e. The van der Waals surface area contributed by atoms with E-state index in [-0.39, 0.29) is 6.04 Å². The average molecular weight is 449 g/mol. The summed E-state index contributed by atoms with van der Waals surface area (Å²) in [4.78, 5) is 0. The fraction of sp³-hybridized carbons (Fsp3) is 0.143. The molecule has 1 aliphatic heterocycles. The topological polar surface area (TPSA) is 72.1 Å². The average Bonchev–Trinajstić information content (AvgIpc) is 3.27. The Morgan fingerprint density at radius 1 is 0.853 bits per heavy atom. The third-order valence-electron chi connectivity index (χ3n) is 6.05. The number of methoxy groups -OCH3 is 2. The van der Waals surface area contributed by atoms with Crippen LogP contribution >= 0.6 is 0 Å². The van der Waals surface area contributed by atoms with E-state index in [1.54, 1.807) is 14.2 Å². The Bertz CT molecular complexity index is 1390. The van der Waals surface area contributed by atoms with E-state index in [4.69, 9.17) is 14.6 Å². The Balaban J connectivity index is 1.66. The number of benzene rings is 3. The summed E-state index contributed by atoms with van der Waals surface area (Å²) in [7, 11) is 3.30. The number of allylic oxidation sites excluding steroid dienone is 1. The molecule has 168 valence electrons. The highest BCUT2D eigenvalue weighted by Crippen LogP contribution is 2.39. The van der Waals surface area contributed by atoms with Crippen molar-refractivity contribution in [2.75, 3.05) is 19.5 Å². The van der Waals surface area contributed by atoms with E-state index in [1.165, 1.54) is 0 Å². The van der Waals surface area contributed by atoms with Crippen LogP contribution in [0.4, 0.5) is 5.82 Å². The summed E-state index contributed by atoms with van der Waals surface area (Å²) in [5.41, 5.74) is 6.18. The monoisotopic (exact) mass is 448 g/mol. The molecule has 0 radical (unpaired) electrons. The van der Waals surface area contributed by atoms with Crippen molar-refractivity contribution >= 4 is 11.5 Å². The van der Waals surface area contributed by atoms with E-state index in [9.17, 15) is 5.26 Å². The van der Waals surface area contributed by atoms with Gasteiger partial charge in [0.1, 0.15) is 34.6 Å². The molecule has 0 fully saturated rings. The number of aryl methyl sites for hydroxylation is 1. The Kier molecular flexibility index (Phi) is 5.52. The first-order valence-electron chi connectivity index (χ1n) is 11.0. The predicted octanol–water partition coefficient (Wildman–Crippen LogP) is 5.80. The lowest BCUT2D eigenvalue weighted by Gasteiger charge is -2.26. The number of nitrogens with one attached hydrogen (secondary N) is 1. The molecule has 2 heterocycles. The maximum Gasteiger partial charge on any atom is 0.148 e. The van der Waals surface area contributed by atoms with E-state index in [0.29, 0.717) is 17.1 Å². The predicted molar refractivity (Wildman–Crippen MR) is 133 cm³/mol. The number of nitriles is 1. The molecule has 0 saturated heterocycles. The number of hydrogen-bond donors (Lipinski definition) is 1. The van der Waals surface area contributed by atoms with Crippen molar-refractivity contribution < 1.29 is 9.47 Å². The minimum atomic E-state index is -0.203. The summed E-state index contributed by atoms with van der Waals surface area (Å²) in [5, 5.41) is 18.5. The van der Waals surface area contributed by atoms with Gasteiger partial charge in [-0.1, -0.05) is 42.0 Å². The summed E-state index contributed by atoms with van der Waals surface area (Å²) in [6, 6.07) is 26.0. The molecule has 34 heavy (non-hydrogen) atoms. The van der Waals surface area contributed by atoms with Gasteiger partial charge in [-0.25, -0.2) is 4.68 Å². The maximum atomic E-state index is 10.1. The molecule has 5 rings (SSSR count). The van der Waals surface area contributed by atoms with Gasteiger partial charge in [0.2, 0.25) is 0 Å². The molecule has 1 aliphatic rings. The number of fused-ring (bicyclic) bond motifs is 1. The molecule has 0 aliphatic carbocycles. The van der Waals surface area contributed by atoms with Crippen molar-refractivity contribution in [2.45, 2.75) is 13.0 Å². The zero-order valence-electron chi connectivity index (χ0n) is 19.2. The number of hydrogen-bond acceptors (Lipinski definition) is 5. The first-order valence-corrected chi connectivity index (χ1v) is 11.0. The summed E-state index contributed by atoms with van der Waals surface area (Å²) in [6.07, 6.45) is 2.13. The van der Waals surface area contributed by atoms with Gasteiger partial charge in [-0.15, -0.1) is 0 Å². The van der Waals surface area contributed by atoms with Crippen molar-refractivity contribution in [1.29, 1.82) is 5.26 Å². The second-order valence-corrected chi connectivity index (χ2v) is 8.15. The van der Waals surface area contributed by atoms with Crippen molar-refractivity contribution in [3.8, 4) is 28.8 Å². The number of rotatable bonds is 5. The Labute approximate surface area is 198 Å². The van der Waals surface area contributed by atoms with Crippen LogP contribution in [0.5, 0.6) is 11.5 Å². The number of nitrogens with zero attached hydrogens (tertiary/aromatic N) is 3. The second kappa shape index (κ2) is 8.80.